The summed E-state index contributed by atoms with van der Waals surface area (Å²) >= 11 is 0. The van der Waals surface area contributed by atoms with Crippen LogP contribution in [0.3, 0.4) is 0 Å². The predicted octanol–water partition coefficient (Wildman–Crippen LogP) is 8.19. The van der Waals surface area contributed by atoms with Crippen LogP contribution in [0.4, 0.5) is 17.1 Å². The quantitative estimate of drug-likeness (QED) is 0.118. The summed E-state index contributed by atoms with van der Waals surface area (Å²) in [6.45, 7) is 7.59. The Hall–Kier alpha value is -6.66. The number of carbonyl (C=O) groups excluding carboxylic acids is 6. The molecule has 6 atom stereocenters. The van der Waals surface area contributed by atoms with Crippen molar-refractivity contribution >= 4 is 52.5 Å². The first kappa shape index (κ1) is 39.6. The van der Waals surface area contributed by atoms with E-state index in [0.717, 1.165) is 40.1 Å². The molecular weight excluding hydrogens is 727 g/mol. The predicted molar refractivity (Wildman–Crippen MR) is 224 cm³/mol. The number of hydrogen-bond donors (Lipinski definition) is 0. The zero-order valence-corrected chi connectivity index (χ0v) is 33.0. The van der Waals surface area contributed by atoms with Crippen LogP contribution in [0.25, 0.3) is 0 Å². The third-order valence-corrected chi connectivity index (χ3v) is 11.9. The Labute approximate surface area is 339 Å². The van der Waals surface area contributed by atoms with E-state index < -0.39 is 0 Å². The SMILES string of the molecule is C#CC.Cc1ccc(N2C(=O)C3CC4C5C=CC(C5)C4CC3C2=O)cc1.Cc1ccc(N2C(=O)C=CC2=O)cc1.Cc1ccc(N2C(=O)c3ccccc3C2=O)cc1. The fraction of sp³-hybridized carbons (Fsp3) is 0.265. The number of terminal acetylenes is 1. The highest BCUT2D eigenvalue weighted by Gasteiger charge is 2.57. The molecule has 6 amide bonds. The number of rotatable bonds is 3. The van der Waals surface area contributed by atoms with Gasteiger partial charge in [-0.15, -0.1) is 12.3 Å². The first-order valence-electron chi connectivity index (χ1n) is 19.6. The van der Waals surface area contributed by atoms with E-state index in [9.17, 15) is 28.8 Å². The second kappa shape index (κ2) is 16.4. The topological polar surface area (TPSA) is 112 Å². The van der Waals surface area contributed by atoms with Gasteiger partial charge < -0.3 is 0 Å². The molecular formula is C49H45N3O6. The van der Waals surface area contributed by atoms with Crippen molar-refractivity contribution in [1.82, 2.24) is 0 Å². The van der Waals surface area contributed by atoms with E-state index in [4.69, 9.17) is 0 Å². The van der Waals surface area contributed by atoms with Crippen LogP contribution in [0.2, 0.25) is 0 Å². The molecule has 1 saturated heterocycles. The molecule has 10 rings (SSSR count). The molecule has 58 heavy (non-hydrogen) atoms. The molecule has 0 N–H and O–H groups in total. The average molecular weight is 772 g/mol. The van der Waals surface area contributed by atoms with Gasteiger partial charge in [-0.3, -0.25) is 33.7 Å². The maximum absolute atomic E-state index is 12.9. The molecule has 9 heteroatoms. The molecule has 6 unspecified atom stereocenters. The molecule has 0 spiro atoms. The van der Waals surface area contributed by atoms with Gasteiger partial charge >= 0.3 is 0 Å². The van der Waals surface area contributed by atoms with Crippen LogP contribution < -0.4 is 14.7 Å². The highest BCUT2D eigenvalue weighted by Crippen LogP contribution is 2.58. The van der Waals surface area contributed by atoms with Gasteiger partial charge in [-0.05, 0) is 119 Å². The fourth-order valence-corrected chi connectivity index (χ4v) is 9.04. The third kappa shape index (κ3) is 7.46. The Morgan fingerprint density at radius 1 is 0.500 bits per heavy atom. The highest BCUT2D eigenvalue weighted by atomic mass is 16.2. The van der Waals surface area contributed by atoms with E-state index in [1.54, 1.807) is 55.5 Å². The number of carbonyl (C=O) groups is 6. The van der Waals surface area contributed by atoms with E-state index in [1.165, 1.54) is 28.4 Å². The van der Waals surface area contributed by atoms with Gasteiger partial charge in [0.25, 0.3) is 23.6 Å². The van der Waals surface area contributed by atoms with Crippen LogP contribution in [-0.4, -0.2) is 35.4 Å². The number of hydrogen-bond acceptors (Lipinski definition) is 6. The molecule has 6 aliphatic rings. The Morgan fingerprint density at radius 3 is 1.22 bits per heavy atom. The number of benzene rings is 4. The van der Waals surface area contributed by atoms with Gasteiger partial charge in [-0.1, -0.05) is 77.4 Å². The van der Waals surface area contributed by atoms with Crippen molar-refractivity contribution in [3.05, 3.63) is 149 Å². The van der Waals surface area contributed by atoms with Crippen molar-refractivity contribution in [1.29, 1.82) is 0 Å². The molecule has 3 aliphatic carbocycles. The van der Waals surface area contributed by atoms with Crippen molar-refractivity contribution in [3.8, 4) is 12.3 Å². The number of allylic oxidation sites excluding steroid dienone is 2. The smallest absolute Gasteiger partial charge is 0.266 e. The Bertz CT molecular complexity index is 2300. The highest BCUT2D eigenvalue weighted by molar-refractivity contribution is 6.34. The van der Waals surface area contributed by atoms with Gasteiger partial charge in [0.1, 0.15) is 0 Å². The molecule has 3 fully saturated rings. The molecule has 292 valence electrons. The average Bonchev–Trinajstić information content (AvgIpc) is 4.03. The van der Waals surface area contributed by atoms with Crippen LogP contribution in [-0.2, 0) is 19.2 Å². The summed E-state index contributed by atoms with van der Waals surface area (Å²) in [6.07, 6.45) is 14.9. The lowest BCUT2D eigenvalue weighted by atomic mass is 9.65. The summed E-state index contributed by atoms with van der Waals surface area (Å²) in [4.78, 5) is 76.6. The molecule has 2 bridgehead atoms. The van der Waals surface area contributed by atoms with Crippen LogP contribution >= 0.6 is 0 Å². The summed E-state index contributed by atoms with van der Waals surface area (Å²) in [5, 5.41) is 0. The molecule has 4 aromatic carbocycles. The first-order chi connectivity index (χ1) is 27.9. The minimum absolute atomic E-state index is 0.0362. The van der Waals surface area contributed by atoms with Gasteiger partial charge in [-0.25, -0.2) is 9.80 Å². The summed E-state index contributed by atoms with van der Waals surface area (Å²) in [7, 11) is 0. The van der Waals surface area contributed by atoms with Crippen LogP contribution in [0, 0.1) is 68.6 Å². The van der Waals surface area contributed by atoms with Crippen LogP contribution in [0.5, 0.6) is 0 Å². The van der Waals surface area contributed by atoms with Crippen LogP contribution in [0.15, 0.2) is 121 Å². The maximum atomic E-state index is 12.9. The van der Waals surface area contributed by atoms with Crippen molar-refractivity contribution < 1.29 is 28.8 Å². The number of fused-ring (bicyclic) bond motifs is 7. The summed E-state index contributed by atoms with van der Waals surface area (Å²) in [5.74, 6) is 3.65. The molecule has 0 radical (unpaired) electrons. The lowest BCUT2D eigenvalue weighted by Gasteiger charge is -2.37. The number of nitrogens with zero attached hydrogens (tertiary/aromatic N) is 3. The molecule has 4 aromatic rings. The summed E-state index contributed by atoms with van der Waals surface area (Å²) in [6, 6.07) is 29.2. The zero-order valence-electron chi connectivity index (χ0n) is 33.0. The number of anilines is 3. The summed E-state index contributed by atoms with van der Waals surface area (Å²) < 4.78 is 0. The second-order valence-corrected chi connectivity index (χ2v) is 15.6. The van der Waals surface area contributed by atoms with Gasteiger partial charge in [0.2, 0.25) is 11.8 Å². The van der Waals surface area contributed by atoms with Crippen molar-refractivity contribution in [3.63, 3.8) is 0 Å². The number of aryl methyl sites for hydroxylation is 3. The van der Waals surface area contributed by atoms with Gasteiger partial charge in [0.05, 0.1) is 40.0 Å². The molecule has 2 saturated carbocycles. The Kier molecular flexibility index (Phi) is 11.2. The minimum atomic E-state index is -0.279. The minimum Gasteiger partial charge on any atom is -0.274 e. The van der Waals surface area contributed by atoms with Crippen molar-refractivity contribution in [2.45, 2.75) is 47.0 Å². The normalized spacial score (nSPS) is 24.3. The third-order valence-electron chi connectivity index (χ3n) is 11.9. The Morgan fingerprint density at radius 2 is 0.845 bits per heavy atom. The first-order valence-corrected chi connectivity index (χ1v) is 19.6. The van der Waals surface area contributed by atoms with Crippen molar-refractivity contribution in [2.24, 2.45) is 35.5 Å². The second-order valence-electron chi connectivity index (χ2n) is 15.6. The van der Waals surface area contributed by atoms with Crippen LogP contribution in [0.1, 0.15) is 63.6 Å². The van der Waals surface area contributed by atoms with Crippen molar-refractivity contribution in [2.75, 3.05) is 14.7 Å². The van der Waals surface area contributed by atoms with E-state index in [0.29, 0.717) is 46.2 Å². The zero-order chi connectivity index (χ0) is 41.2. The van der Waals surface area contributed by atoms with E-state index in [2.05, 4.69) is 24.5 Å². The molecule has 3 heterocycles. The molecule has 3 aliphatic heterocycles. The van der Waals surface area contributed by atoms with E-state index in [-0.39, 0.29) is 47.3 Å². The fourth-order valence-electron chi connectivity index (χ4n) is 9.04. The molecule has 0 aromatic heterocycles. The van der Waals surface area contributed by atoms with Gasteiger partial charge in [0, 0.05) is 12.2 Å². The monoisotopic (exact) mass is 771 g/mol. The Balaban J connectivity index is 0.000000132. The number of amides is 6. The number of imide groups is 3. The maximum Gasteiger partial charge on any atom is 0.266 e. The van der Waals surface area contributed by atoms with E-state index >= 15 is 0 Å². The van der Waals surface area contributed by atoms with Gasteiger partial charge in [-0.2, -0.15) is 0 Å². The van der Waals surface area contributed by atoms with Gasteiger partial charge in [0.15, 0.2) is 0 Å². The largest absolute Gasteiger partial charge is 0.274 e. The lowest BCUT2D eigenvalue weighted by molar-refractivity contribution is -0.123. The standard InChI is InChI=1S/C20H21NO2.C15H11NO2.C11H9NO2.C3H4/c1-11-2-6-14(7-3-11)21-19(22)17-9-15-12-4-5-13(8-12)16(15)10-18(17)20(21)23;1-10-6-8-11(9-7-10)16-14(17)12-4-2-3-5-13(12)15(16)18;1-8-2-4-9(5-3-8)12-10(13)6-7-11(12)14;1-3-2/h2-7,12-13,15-18H,8-10H2,1H3;2-9H,1H3;2-7H,1H3;1H,2H3. The lowest BCUT2D eigenvalue weighted by Crippen LogP contribution is -2.35. The van der Waals surface area contributed by atoms with E-state index in [1.807, 2.05) is 69.3 Å². The summed E-state index contributed by atoms with van der Waals surface area (Å²) in [5.41, 5.74) is 6.26. The molecule has 9 nitrogen and oxygen atoms in total.